The summed E-state index contributed by atoms with van der Waals surface area (Å²) in [6.07, 6.45) is 4.31. The lowest BCUT2D eigenvalue weighted by Crippen LogP contribution is -2.26. The molecule has 1 atom stereocenters. The zero-order valence-electron chi connectivity index (χ0n) is 6.79. The van der Waals surface area contributed by atoms with Gasteiger partial charge in [-0.1, -0.05) is 21.6 Å². The summed E-state index contributed by atoms with van der Waals surface area (Å²) in [6, 6.07) is 0. The maximum Gasteiger partial charge on any atom is 0.0287 e. The molecular weight excluding hydrogens is 174 g/mol. The first-order valence-corrected chi connectivity index (χ1v) is 6.84. The average Bonchev–Trinajstić information content (AvgIpc) is 2.60. The second-order valence-electron chi connectivity index (χ2n) is 3.34. The Kier molecular flexibility index (Phi) is 3.05. The highest BCUT2D eigenvalue weighted by Gasteiger charge is 2.21. The van der Waals surface area contributed by atoms with Gasteiger partial charge < -0.3 is 4.90 Å². The second kappa shape index (κ2) is 4.06. The van der Waals surface area contributed by atoms with E-state index >= 15 is 0 Å². The SMILES string of the molecule is C1CCN(CC2CCSS2)C1. The largest absolute Gasteiger partial charge is 0.302 e. The van der Waals surface area contributed by atoms with Gasteiger partial charge in [0.2, 0.25) is 0 Å². The molecule has 11 heavy (non-hydrogen) atoms. The lowest BCUT2D eigenvalue weighted by atomic mass is 10.3. The molecule has 2 saturated heterocycles. The van der Waals surface area contributed by atoms with Crippen LogP contribution in [0.15, 0.2) is 0 Å². The van der Waals surface area contributed by atoms with E-state index < -0.39 is 0 Å². The van der Waals surface area contributed by atoms with E-state index in [1.165, 1.54) is 44.6 Å². The van der Waals surface area contributed by atoms with Crippen molar-refractivity contribution >= 4 is 21.6 Å². The maximum absolute atomic E-state index is 2.63. The second-order valence-corrected chi connectivity index (χ2v) is 6.12. The molecule has 0 aromatic carbocycles. The van der Waals surface area contributed by atoms with E-state index in [1.54, 1.807) is 0 Å². The smallest absolute Gasteiger partial charge is 0.0287 e. The Hall–Kier alpha value is 0.660. The summed E-state index contributed by atoms with van der Waals surface area (Å²) >= 11 is 0. The minimum absolute atomic E-state index is 0.943. The molecule has 2 heterocycles. The molecule has 0 N–H and O–H groups in total. The summed E-state index contributed by atoms with van der Waals surface area (Å²) in [5, 5.41) is 0.943. The van der Waals surface area contributed by atoms with Gasteiger partial charge in [0, 0.05) is 17.5 Å². The number of nitrogens with zero attached hydrogens (tertiary/aromatic N) is 1. The number of hydrogen-bond acceptors (Lipinski definition) is 3. The third-order valence-electron chi connectivity index (χ3n) is 2.39. The lowest BCUT2D eigenvalue weighted by molar-refractivity contribution is 0.338. The zero-order valence-corrected chi connectivity index (χ0v) is 8.42. The Morgan fingerprint density at radius 3 is 2.73 bits per heavy atom. The molecule has 0 aliphatic carbocycles. The molecule has 0 aromatic heterocycles. The van der Waals surface area contributed by atoms with Crippen molar-refractivity contribution in [1.82, 2.24) is 4.90 Å². The van der Waals surface area contributed by atoms with Crippen molar-refractivity contribution in [2.45, 2.75) is 24.5 Å². The summed E-state index contributed by atoms with van der Waals surface area (Å²) in [5.74, 6) is 1.38. The van der Waals surface area contributed by atoms with E-state index in [0.717, 1.165) is 5.25 Å². The standard InChI is InChI=1S/C8H15NS2/c1-2-5-9(4-1)7-8-3-6-10-11-8/h8H,1-7H2. The average molecular weight is 189 g/mol. The van der Waals surface area contributed by atoms with Gasteiger partial charge in [-0.15, -0.1) is 0 Å². The molecule has 0 saturated carbocycles. The Morgan fingerprint density at radius 2 is 2.09 bits per heavy atom. The van der Waals surface area contributed by atoms with Crippen LogP contribution >= 0.6 is 21.6 Å². The van der Waals surface area contributed by atoms with Crippen LogP contribution in [0.4, 0.5) is 0 Å². The van der Waals surface area contributed by atoms with Crippen LogP contribution < -0.4 is 0 Å². The van der Waals surface area contributed by atoms with Crippen LogP contribution in [0, 0.1) is 0 Å². The van der Waals surface area contributed by atoms with Crippen molar-refractivity contribution in [3.63, 3.8) is 0 Å². The third kappa shape index (κ3) is 2.30. The van der Waals surface area contributed by atoms with Crippen molar-refractivity contribution < 1.29 is 0 Å². The van der Waals surface area contributed by atoms with E-state index in [4.69, 9.17) is 0 Å². The van der Waals surface area contributed by atoms with Gasteiger partial charge in [0.25, 0.3) is 0 Å². The predicted molar refractivity (Wildman–Crippen MR) is 54.1 cm³/mol. The van der Waals surface area contributed by atoms with Crippen molar-refractivity contribution in [3.8, 4) is 0 Å². The van der Waals surface area contributed by atoms with E-state index in [0.29, 0.717) is 0 Å². The first-order chi connectivity index (χ1) is 5.45. The highest BCUT2D eigenvalue weighted by atomic mass is 33.1. The fourth-order valence-corrected chi connectivity index (χ4v) is 4.68. The first-order valence-electron chi connectivity index (χ1n) is 4.46. The fourth-order valence-electron chi connectivity index (χ4n) is 1.75. The highest BCUT2D eigenvalue weighted by molar-refractivity contribution is 8.77. The summed E-state index contributed by atoms with van der Waals surface area (Å²) in [7, 11) is 4.16. The molecule has 64 valence electrons. The van der Waals surface area contributed by atoms with Crippen molar-refractivity contribution in [1.29, 1.82) is 0 Å². The van der Waals surface area contributed by atoms with E-state index in [9.17, 15) is 0 Å². The highest BCUT2D eigenvalue weighted by Crippen LogP contribution is 2.38. The Morgan fingerprint density at radius 1 is 1.27 bits per heavy atom. The van der Waals surface area contributed by atoms with E-state index in [-0.39, 0.29) is 0 Å². The van der Waals surface area contributed by atoms with Gasteiger partial charge in [0.05, 0.1) is 0 Å². The maximum atomic E-state index is 2.63. The summed E-state index contributed by atoms with van der Waals surface area (Å²) in [4.78, 5) is 2.63. The third-order valence-corrected chi connectivity index (χ3v) is 5.31. The minimum Gasteiger partial charge on any atom is -0.302 e. The van der Waals surface area contributed by atoms with Gasteiger partial charge in [-0.3, -0.25) is 0 Å². The molecule has 2 aliphatic heterocycles. The van der Waals surface area contributed by atoms with Crippen molar-refractivity contribution in [2.24, 2.45) is 0 Å². The molecule has 2 fully saturated rings. The molecule has 2 rings (SSSR count). The molecule has 0 spiro atoms. The van der Waals surface area contributed by atoms with Crippen molar-refractivity contribution in [3.05, 3.63) is 0 Å². The fraction of sp³-hybridized carbons (Fsp3) is 1.00. The van der Waals surface area contributed by atoms with Crippen molar-refractivity contribution in [2.75, 3.05) is 25.4 Å². The molecule has 2 aliphatic rings. The molecule has 1 nitrogen and oxygen atoms in total. The number of rotatable bonds is 2. The van der Waals surface area contributed by atoms with Crippen LogP contribution in [0.1, 0.15) is 19.3 Å². The van der Waals surface area contributed by atoms with Crippen LogP contribution in [0.3, 0.4) is 0 Å². The van der Waals surface area contributed by atoms with Gasteiger partial charge in [-0.05, 0) is 32.4 Å². The minimum atomic E-state index is 0.943. The van der Waals surface area contributed by atoms with Crippen LogP contribution in [0.25, 0.3) is 0 Å². The molecule has 0 amide bonds. The summed E-state index contributed by atoms with van der Waals surface area (Å²) in [5.41, 5.74) is 0. The van der Waals surface area contributed by atoms with Crippen LogP contribution in [0.2, 0.25) is 0 Å². The molecule has 0 radical (unpaired) electrons. The first kappa shape index (κ1) is 8.27. The molecule has 0 bridgehead atoms. The van der Waals surface area contributed by atoms with Gasteiger partial charge in [-0.2, -0.15) is 0 Å². The van der Waals surface area contributed by atoms with Gasteiger partial charge in [0.15, 0.2) is 0 Å². The van der Waals surface area contributed by atoms with E-state index in [2.05, 4.69) is 26.5 Å². The monoisotopic (exact) mass is 189 g/mol. The Bertz CT molecular complexity index is 103. The van der Waals surface area contributed by atoms with E-state index in [1.807, 2.05) is 0 Å². The normalized spacial score (nSPS) is 33.3. The van der Waals surface area contributed by atoms with Gasteiger partial charge in [-0.25, -0.2) is 0 Å². The van der Waals surface area contributed by atoms with Crippen LogP contribution in [-0.2, 0) is 0 Å². The van der Waals surface area contributed by atoms with Gasteiger partial charge in [0.1, 0.15) is 0 Å². The molecule has 0 aromatic rings. The molecule has 1 unspecified atom stereocenters. The van der Waals surface area contributed by atoms with Gasteiger partial charge >= 0.3 is 0 Å². The Balaban J connectivity index is 1.71. The number of hydrogen-bond donors (Lipinski definition) is 0. The van der Waals surface area contributed by atoms with Crippen LogP contribution in [0.5, 0.6) is 0 Å². The Labute approximate surface area is 76.7 Å². The summed E-state index contributed by atoms with van der Waals surface area (Å²) in [6.45, 7) is 4.08. The quantitative estimate of drug-likeness (QED) is 0.613. The predicted octanol–water partition coefficient (Wildman–Crippen LogP) is 2.24. The number of likely N-dealkylation sites (tertiary alicyclic amines) is 1. The topological polar surface area (TPSA) is 3.24 Å². The zero-order chi connectivity index (χ0) is 7.52. The molecule has 3 heteroatoms. The molecular formula is C8H15NS2. The van der Waals surface area contributed by atoms with Crippen LogP contribution in [-0.4, -0.2) is 35.5 Å². The lowest BCUT2D eigenvalue weighted by Gasteiger charge is -2.17. The summed E-state index contributed by atoms with van der Waals surface area (Å²) < 4.78 is 0.